The van der Waals surface area contributed by atoms with Crippen molar-refractivity contribution in [2.45, 2.75) is 38.8 Å². The number of pyridine rings is 1. The molecular weight excluding hydrogens is 370 g/mol. The lowest BCUT2D eigenvalue weighted by molar-refractivity contribution is -0.143. The summed E-state index contributed by atoms with van der Waals surface area (Å²) in [5.41, 5.74) is 0.147. The molecule has 0 spiro atoms. The Morgan fingerprint density at radius 1 is 1.18 bits per heavy atom. The molecule has 0 aliphatic carbocycles. The van der Waals surface area contributed by atoms with E-state index in [2.05, 4.69) is 10.3 Å². The second-order valence-electron chi connectivity index (χ2n) is 7.08. The van der Waals surface area contributed by atoms with Crippen molar-refractivity contribution >= 4 is 12.1 Å². The maximum Gasteiger partial charge on any atom is 0.408 e. The highest BCUT2D eigenvalue weighted by atomic mass is 19.2. The van der Waals surface area contributed by atoms with Crippen LogP contribution in [0.3, 0.4) is 0 Å². The lowest BCUT2D eigenvalue weighted by atomic mass is 10.1. The molecule has 0 aliphatic rings. The first-order valence-electron chi connectivity index (χ1n) is 8.57. The number of esters is 1. The minimum atomic E-state index is -0.988. The Morgan fingerprint density at radius 3 is 2.46 bits per heavy atom. The van der Waals surface area contributed by atoms with Crippen LogP contribution in [0.15, 0.2) is 36.5 Å². The SMILES string of the molecule is COC(=O)C(Cc1ccc(-c2cccc(F)c2F)nc1)NC(=O)OC(C)(C)C. The van der Waals surface area contributed by atoms with Crippen molar-refractivity contribution in [2.75, 3.05) is 7.11 Å². The van der Waals surface area contributed by atoms with Crippen LogP contribution in [0.25, 0.3) is 11.3 Å². The number of amides is 1. The smallest absolute Gasteiger partial charge is 0.408 e. The van der Waals surface area contributed by atoms with Gasteiger partial charge in [0.1, 0.15) is 11.6 Å². The highest BCUT2D eigenvalue weighted by molar-refractivity contribution is 5.81. The van der Waals surface area contributed by atoms with E-state index < -0.39 is 35.3 Å². The van der Waals surface area contributed by atoms with Gasteiger partial charge in [0.25, 0.3) is 0 Å². The molecule has 1 aromatic carbocycles. The second kappa shape index (κ2) is 8.77. The number of hydrogen-bond acceptors (Lipinski definition) is 5. The van der Waals surface area contributed by atoms with Gasteiger partial charge in [-0.1, -0.05) is 12.1 Å². The van der Waals surface area contributed by atoms with Crippen LogP contribution in [0.1, 0.15) is 26.3 Å². The van der Waals surface area contributed by atoms with Gasteiger partial charge in [-0.05, 0) is 44.5 Å². The van der Waals surface area contributed by atoms with Gasteiger partial charge in [0.05, 0.1) is 12.8 Å². The van der Waals surface area contributed by atoms with Crippen molar-refractivity contribution in [3.63, 3.8) is 0 Å². The number of methoxy groups -OCH3 is 1. The Balaban J connectivity index is 2.15. The summed E-state index contributed by atoms with van der Waals surface area (Å²) < 4.78 is 37.1. The van der Waals surface area contributed by atoms with Gasteiger partial charge in [-0.2, -0.15) is 0 Å². The van der Waals surface area contributed by atoms with Crippen LogP contribution in [-0.4, -0.2) is 35.8 Å². The Morgan fingerprint density at radius 2 is 1.89 bits per heavy atom. The number of carbonyl (C=O) groups excluding carboxylic acids is 2. The van der Waals surface area contributed by atoms with Crippen molar-refractivity contribution in [2.24, 2.45) is 0 Å². The highest BCUT2D eigenvalue weighted by Crippen LogP contribution is 2.23. The van der Waals surface area contributed by atoms with Crippen LogP contribution in [-0.2, 0) is 20.7 Å². The average molecular weight is 392 g/mol. The lowest BCUT2D eigenvalue weighted by Gasteiger charge is -2.22. The molecule has 0 bridgehead atoms. The molecule has 2 rings (SSSR count). The Bertz CT molecular complexity index is 848. The van der Waals surface area contributed by atoms with Gasteiger partial charge in [0.2, 0.25) is 0 Å². The number of alkyl carbamates (subject to hydrolysis) is 1. The van der Waals surface area contributed by atoms with E-state index in [1.54, 1.807) is 26.8 Å². The van der Waals surface area contributed by atoms with Gasteiger partial charge in [0, 0.05) is 18.2 Å². The number of halogens is 2. The fourth-order valence-corrected chi connectivity index (χ4v) is 2.43. The molecule has 150 valence electrons. The summed E-state index contributed by atoms with van der Waals surface area (Å²) in [4.78, 5) is 28.1. The van der Waals surface area contributed by atoms with E-state index in [4.69, 9.17) is 9.47 Å². The summed E-state index contributed by atoms with van der Waals surface area (Å²) >= 11 is 0. The van der Waals surface area contributed by atoms with Crippen molar-refractivity contribution in [1.29, 1.82) is 0 Å². The molecule has 0 fully saturated rings. The minimum absolute atomic E-state index is 0.0305. The average Bonchev–Trinajstić information content (AvgIpc) is 2.62. The van der Waals surface area contributed by atoms with Crippen molar-refractivity contribution < 1.29 is 27.8 Å². The van der Waals surface area contributed by atoms with Gasteiger partial charge >= 0.3 is 12.1 Å². The molecule has 28 heavy (non-hydrogen) atoms. The number of carbonyl (C=O) groups is 2. The lowest BCUT2D eigenvalue weighted by Crippen LogP contribution is -2.45. The summed E-state index contributed by atoms with van der Waals surface area (Å²) in [6.07, 6.45) is 0.756. The van der Waals surface area contributed by atoms with Gasteiger partial charge in [0.15, 0.2) is 11.6 Å². The summed E-state index contributed by atoms with van der Waals surface area (Å²) in [5, 5.41) is 2.46. The monoisotopic (exact) mass is 392 g/mol. The molecule has 1 heterocycles. The number of nitrogens with one attached hydrogen (secondary N) is 1. The van der Waals surface area contributed by atoms with E-state index in [1.807, 2.05) is 0 Å². The first kappa shape index (κ1) is 21.3. The number of ether oxygens (including phenoxy) is 2. The molecule has 1 aromatic heterocycles. The summed E-state index contributed by atoms with van der Waals surface area (Å²) in [6, 6.07) is 5.96. The quantitative estimate of drug-likeness (QED) is 0.786. The molecule has 0 radical (unpaired) electrons. The molecule has 0 saturated carbocycles. The zero-order valence-corrected chi connectivity index (χ0v) is 16.1. The molecule has 6 nitrogen and oxygen atoms in total. The maximum absolute atomic E-state index is 13.9. The van der Waals surface area contributed by atoms with E-state index in [0.29, 0.717) is 5.56 Å². The molecule has 1 amide bonds. The second-order valence-corrected chi connectivity index (χ2v) is 7.08. The van der Waals surface area contributed by atoms with Gasteiger partial charge in [-0.3, -0.25) is 4.98 Å². The Kier molecular flexibility index (Phi) is 6.66. The van der Waals surface area contributed by atoms with Gasteiger partial charge < -0.3 is 14.8 Å². The van der Waals surface area contributed by atoms with Crippen LogP contribution in [0.2, 0.25) is 0 Å². The predicted octanol–water partition coefficient (Wildman–Crippen LogP) is 3.64. The maximum atomic E-state index is 13.9. The molecule has 0 saturated heterocycles. The van der Waals surface area contributed by atoms with E-state index in [-0.39, 0.29) is 17.7 Å². The van der Waals surface area contributed by atoms with Crippen LogP contribution >= 0.6 is 0 Å². The topological polar surface area (TPSA) is 77.5 Å². The number of rotatable bonds is 5. The van der Waals surface area contributed by atoms with Crippen molar-refractivity contribution in [3.05, 3.63) is 53.7 Å². The number of benzene rings is 1. The Hall–Kier alpha value is -3.03. The molecule has 1 atom stereocenters. The van der Waals surface area contributed by atoms with Crippen molar-refractivity contribution in [3.8, 4) is 11.3 Å². The van der Waals surface area contributed by atoms with Crippen molar-refractivity contribution in [1.82, 2.24) is 10.3 Å². The first-order chi connectivity index (χ1) is 13.1. The van der Waals surface area contributed by atoms with E-state index in [1.165, 1.54) is 31.5 Å². The third-order valence-corrected chi connectivity index (χ3v) is 3.67. The Labute approximate surface area is 161 Å². The largest absolute Gasteiger partial charge is 0.467 e. The minimum Gasteiger partial charge on any atom is -0.467 e. The molecular formula is C20H22F2N2O4. The van der Waals surface area contributed by atoms with Gasteiger partial charge in [-0.15, -0.1) is 0 Å². The predicted molar refractivity (Wildman–Crippen MR) is 98.5 cm³/mol. The fourth-order valence-electron chi connectivity index (χ4n) is 2.43. The molecule has 1 unspecified atom stereocenters. The van der Waals surface area contributed by atoms with E-state index in [9.17, 15) is 18.4 Å². The summed E-state index contributed by atoms with van der Waals surface area (Å²) in [5.74, 6) is -2.59. The zero-order chi connectivity index (χ0) is 20.9. The van der Waals surface area contributed by atoms with Crippen LogP contribution in [0, 0.1) is 11.6 Å². The molecule has 2 aromatic rings. The van der Waals surface area contributed by atoms with Crippen LogP contribution < -0.4 is 5.32 Å². The molecule has 1 N–H and O–H groups in total. The third-order valence-electron chi connectivity index (χ3n) is 3.67. The molecule has 0 aliphatic heterocycles. The zero-order valence-electron chi connectivity index (χ0n) is 16.1. The van der Waals surface area contributed by atoms with Gasteiger partial charge in [-0.25, -0.2) is 18.4 Å². The van der Waals surface area contributed by atoms with E-state index in [0.717, 1.165) is 6.07 Å². The number of aromatic nitrogens is 1. The number of hydrogen-bond donors (Lipinski definition) is 1. The van der Waals surface area contributed by atoms with Crippen LogP contribution in [0.4, 0.5) is 13.6 Å². The molecule has 8 heteroatoms. The van der Waals surface area contributed by atoms with E-state index >= 15 is 0 Å². The van der Waals surface area contributed by atoms with Crippen LogP contribution in [0.5, 0.6) is 0 Å². The normalized spacial score (nSPS) is 12.2. The summed E-state index contributed by atoms with van der Waals surface area (Å²) in [7, 11) is 1.21. The third kappa shape index (κ3) is 5.73. The first-order valence-corrected chi connectivity index (χ1v) is 8.57. The standard InChI is InChI=1S/C20H22F2N2O4/c1-20(2,3)28-19(26)24-16(18(25)27-4)10-12-8-9-15(23-11-12)13-6-5-7-14(21)17(13)22/h5-9,11,16H,10H2,1-4H3,(H,24,26). The summed E-state index contributed by atoms with van der Waals surface area (Å²) in [6.45, 7) is 5.11. The number of nitrogens with zero attached hydrogens (tertiary/aromatic N) is 1. The fraction of sp³-hybridized carbons (Fsp3) is 0.350. The highest BCUT2D eigenvalue weighted by Gasteiger charge is 2.25.